The topological polar surface area (TPSA) is 49.8 Å². The molecule has 0 saturated carbocycles. The Hall–Kier alpha value is -1.44. The SMILES string of the molecule is CN=C(NCc1sccc1C)N(C)Cc1csc(C(C)OC)n1. The van der Waals surface area contributed by atoms with Crippen LogP contribution in [0, 0.1) is 6.92 Å². The number of hydrogen-bond acceptors (Lipinski definition) is 5. The van der Waals surface area contributed by atoms with Crippen LogP contribution in [0.15, 0.2) is 21.8 Å². The molecule has 5 nitrogen and oxygen atoms in total. The summed E-state index contributed by atoms with van der Waals surface area (Å²) < 4.78 is 5.31. The van der Waals surface area contributed by atoms with Gasteiger partial charge in [-0.1, -0.05) is 0 Å². The van der Waals surface area contributed by atoms with E-state index in [2.05, 4.69) is 43.9 Å². The minimum Gasteiger partial charge on any atom is -0.375 e. The molecule has 0 fully saturated rings. The first kappa shape index (κ1) is 17.9. The summed E-state index contributed by atoms with van der Waals surface area (Å²) in [6.45, 7) is 5.66. The molecule has 0 bridgehead atoms. The van der Waals surface area contributed by atoms with Crippen LogP contribution in [0.1, 0.15) is 34.2 Å². The molecule has 2 heterocycles. The molecule has 0 aromatic carbocycles. The van der Waals surface area contributed by atoms with Crippen molar-refractivity contribution in [3.63, 3.8) is 0 Å². The summed E-state index contributed by atoms with van der Waals surface area (Å²) in [5, 5.41) is 8.62. The molecule has 0 amide bonds. The van der Waals surface area contributed by atoms with Gasteiger partial charge in [0.1, 0.15) is 11.1 Å². The smallest absolute Gasteiger partial charge is 0.194 e. The lowest BCUT2D eigenvalue weighted by atomic mass is 10.3. The van der Waals surface area contributed by atoms with E-state index in [1.165, 1.54) is 10.4 Å². The monoisotopic (exact) mass is 352 g/mol. The van der Waals surface area contributed by atoms with Crippen molar-refractivity contribution in [3.8, 4) is 0 Å². The molecule has 2 aromatic rings. The molecule has 0 spiro atoms. The second kappa shape index (κ2) is 8.42. The molecule has 2 aromatic heterocycles. The third-order valence-corrected chi connectivity index (χ3v) is 5.70. The van der Waals surface area contributed by atoms with Gasteiger partial charge in [-0.05, 0) is 30.9 Å². The lowest BCUT2D eigenvalue weighted by Crippen LogP contribution is -2.38. The van der Waals surface area contributed by atoms with E-state index >= 15 is 0 Å². The number of aryl methyl sites for hydroxylation is 1. The van der Waals surface area contributed by atoms with Crippen molar-refractivity contribution in [2.24, 2.45) is 4.99 Å². The largest absolute Gasteiger partial charge is 0.375 e. The van der Waals surface area contributed by atoms with Gasteiger partial charge in [0.15, 0.2) is 5.96 Å². The predicted octanol–water partition coefficient (Wildman–Crippen LogP) is 3.43. The fourth-order valence-corrected chi connectivity index (χ4v) is 3.82. The average Bonchev–Trinajstić information content (AvgIpc) is 3.16. The Morgan fingerprint density at radius 1 is 1.48 bits per heavy atom. The van der Waals surface area contributed by atoms with Gasteiger partial charge in [-0.2, -0.15) is 0 Å². The Morgan fingerprint density at radius 2 is 2.26 bits per heavy atom. The fraction of sp³-hybridized carbons (Fsp3) is 0.500. The molecule has 1 unspecified atom stereocenters. The van der Waals surface area contributed by atoms with Gasteiger partial charge in [0.2, 0.25) is 0 Å². The first-order valence-electron chi connectivity index (χ1n) is 7.47. The summed E-state index contributed by atoms with van der Waals surface area (Å²) in [4.78, 5) is 12.4. The van der Waals surface area contributed by atoms with Crippen molar-refractivity contribution >= 4 is 28.6 Å². The van der Waals surface area contributed by atoms with Gasteiger partial charge in [-0.25, -0.2) is 4.98 Å². The highest BCUT2D eigenvalue weighted by molar-refractivity contribution is 7.10. The number of guanidine groups is 1. The van der Waals surface area contributed by atoms with E-state index in [-0.39, 0.29) is 6.10 Å². The van der Waals surface area contributed by atoms with E-state index < -0.39 is 0 Å². The van der Waals surface area contributed by atoms with Crippen LogP contribution in [0.25, 0.3) is 0 Å². The molecular formula is C16H24N4OS2. The summed E-state index contributed by atoms with van der Waals surface area (Å²) in [5.41, 5.74) is 2.35. The number of nitrogens with zero attached hydrogens (tertiary/aromatic N) is 3. The molecule has 0 saturated heterocycles. The molecule has 0 aliphatic heterocycles. The maximum absolute atomic E-state index is 5.31. The highest BCUT2D eigenvalue weighted by atomic mass is 32.1. The maximum Gasteiger partial charge on any atom is 0.194 e. The second-order valence-electron chi connectivity index (χ2n) is 5.34. The summed E-state index contributed by atoms with van der Waals surface area (Å²) in [7, 11) is 5.53. The summed E-state index contributed by atoms with van der Waals surface area (Å²) in [5.74, 6) is 0.868. The number of nitrogens with one attached hydrogen (secondary N) is 1. The maximum atomic E-state index is 5.31. The summed E-state index contributed by atoms with van der Waals surface area (Å²) in [6.07, 6.45) is 0.0401. The van der Waals surface area contributed by atoms with Crippen LogP contribution in [0.4, 0.5) is 0 Å². The zero-order chi connectivity index (χ0) is 16.8. The van der Waals surface area contributed by atoms with E-state index in [4.69, 9.17) is 4.74 Å². The Labute approximate surface area is 146 Å². The number of rotatable bonds is 6. The number of ether oxygens (including phenoxy) is 1. The molecule has 1 atom stereocenters. The molecule has 2 rings (SSSR count). The normalized spacial score (nSPS) is 13.2. The number of hydrogen-bond donors (Lipinski definition) is 1. The van der Waals surface area contributed by atoms with Gasteiger partial charge in [0, 0.05) is 31.5 Å². The van der Waals surface area contributed by atoms with E-state index in [0.29, 0.717) is 0 Å². The predicted molar refractivity (Wildman–Crippen MR) is 98.3 cm³/mol. The van der Waals surface area contributed by atoms with Gasteiger partial charge >= 0.3 is 0 Å². The van der Waals surface area contributed by atoms with Gasteiger partial charge in [-0.15, -0.1) is 22.7 Å². The Kier molecular flexibility index (Phi) is 6.56. The first-order chi connectivity index (χ1) is 11.0. The molecule has 0 radical (unpaired) electrons. The quantitative estimate of drug-likeness (QED) is 0.639. The molecule has 23 heavy (non-hydrogen) atoms. The number of thiazole rings is 1. The molecule has 0 aliphatic carbocycles. The number of aliphatic imine (C=N–C) groups is 1. The van der Waals surface area contributed by atoms with Gasteiger partial charge in [-0.3, -0.25) is 4.99 Å². The standard InChI is InChI=1S/C16H24N4OS2/c1-11-6-7-22-14(11)8-18-16(17-3)20(4)9-13-10-23-15(19-13)12(2)21-5/h6-7,10,12H,8-9H2,1-5H3,(H,17,18). The van der Waals surface area contributed by atoms with Gasteiger partial charge in [0.25, 0.3) is 0 Å². The highest BCUT2D eigenvalue weighted by Gasteiger charge is 2.13. The van der Waals surface area contributed by atoms with Crippen molar-refractivity contribution in [1.82, 2.24) is 15.2 Å². The van der Waals surface area contributed by atoms with Gasteiger partial charge in [0.05, 0.1) is 18.8 Å². The third kappa shape index (κ3) is 4.76. The van der Waals surface area contributed by atoms with Crippen LogP contribution >= 0.6 is 22.7 Å². The lowest BCUT2D eigenvalue weighted by Gasteiger charge is -2.21. The molecular weight excluding hydrogens is 328 g/mol. The molecule has 0 aliphatic rings. The minimum atomic E-state index is 0.0401. The number of thiophene rings is 1. The van der Waals surface area contributed by atoms with E-state index in [1.54, 1.807) is 36.8 Å². The number of methoxy groups -OCH3 is 1. The Balaban J connectivity index is 1.93. The van der Waals surface area contributed by atoms with Crippen LogP contribution in [0.5, 0.6) is 0 Å². The lowest BCUT2D eigenvalue weighted by molar-refractivity contribution is 0.119. The summed E-state index contributed by atoms with van der Waals surface area (Å²) >= 11 is 3.40. The van der Waals surface area contributed by atoms with Crippen LogP contribution in [-0.2, 0) is 17.8 Å². The second-order valence-corrected chi connectivity index (χ2v) is 7.23. The zero-order valence-electron chi connectivity index (χ0n) is 14.3. The van der Waals surface area contributed by atoms with E-state index in [0.717, 1.165) is 29.8 Å². The van der Waals surface area contributed by atoms with Crippen molar-refractivity contribution in [3.05, 3.63) is 38.0 Å². The number of aromatic nitrogens is 1. The average molecular weight is 353 g/mol. The summed E-state index contributed by atoms with van der Waals surface area (Å²) in [6, 6.07) is 2.14. The zero-order valence-corrected chi connectivity index (χ0v) is 15.9. The first-order valence-corrected chi connectivity index (χ1v) is 9.23. The molecule has 7 heteroatoms. The third-order valence-electron chi connectivity index (χ3n) is 3.62. The van der Waals surface area contributed by atoms with Crippen molar-refractivity contribution < 1.29 is 4.74 Å². The molecule has 1 N–H and O–H groups in total. The van der Waals surface area contributed by atoms with Crippen LogP contribution < -0.4 is 5.32 Å². The van der Waals surface area contributed by atoms with E-state index in [9.17, 15) is 0 Å². The van der Waals surface area contributed by atoms with Crippen LogP contribution in [-0.4, -0.2) is 37.0 Å². The minimum absolute atomic E-state index is 0.0401. The van der Waals surface area contributed by atoms with Crippen LogP contribution in [0.3, 0.4) is 0 Å². The van der Waals surface area contributed by atoms with Crippen molar-refractivity contribution in [1.29, 1.82) is 0 Å². The van der Waals surface area contributed by atoms with E-state index in [1.807, 2.05) is 14.0 Å². The Bertz CT molecular complexity index is 650. The van der Waals surface area contributed by atoms with Crippen LogP contribution in [0.2, 0.25) is 0 Å². The Morgan fingerprint density at radius 3 is 2.87 bits per heavy atom. The van der Waals surface area contributed by atoms with Crippen molar-refractivity contribution in [2.45, 2.75) is 33.0 Å². The van der Waals surface area contributed by atoms with Crippen molar-refractivity contribution in [2.75, 3.05) is 21.2 Å². The highest BCUT2D eigenvalue weighted by Crippen LogP contribution is 2.21. The fourth-order valence-electron chi connectivity index (χ4n) is 2.13. The molecule has 126 valence electrons. The van der Waals surface area contributed by atoms with Gasteiger partial charge < -0.3 is 15.0 Å².